The molecule has 2 fully saturated rings. The zero-order valence-corrected chi connectivity index (χ0v) is 15.3. The van der Waals surface area contributed by atoms with Crippen molar-refractivity contribution < 1.29 is 14.3 Å². The molecule has 1 N–H and O–H groups in total. The Hall–Kier alpha value is -1.95. The summed E-state index contributed by atoms with van der Waals surface area (Å²) in [5.41, 5.74) is 0.649. The van der Waals surface area contributed by atoms with Crippen molar-refractivity contribution in [1.82, 2.24) is 9.80 Å². The van der Waals surface area contributed by atoms with Crippen LogP contribution in [0, 0.1) is 0 Å². The van der Waals surface area contributed by atoms with Crippen LogP contribution >= 0.6 is 0 Å². The van der Waals surface area contributed by atoms with Gasteiger partial charge in [0.2, 0.25) is 0 Å². The number of hydrogen-bond donors (Lipinski definition) is 1. The molecular weight excluding hydrogens is 318 g/mol. The van der Waals surface area contributed by atoms with Crippen molar-refractivity contribution in [2.45, 2.75) is 38.1 Å². The zero-order chi connectivity index (χ0) is 17.6. The van der Waals surface area contributed by atoms with E-state index in [2.05, 4.69) is 10.2 Å². The lowest BCUT2D eigenvalue weighted by molar-refractivity contribution is 0.161. The fraction of sp³-hybridized carbons (Fsp3) is 0.632. The quantitative estimate of drug-likeness (QED) is 0.889. The van der Waals surface area contributed by atoms with Crippen LogP contribution in [0.5, 0.6) is 11.5 Å². The normalized spacial score (nSPS) is 21.2. The third-order valence-corrected chi connectivity index (χ3v) is 5.20. The van der Waals surface area contributed by atoms with Gasteiger partial charge < -0.3 is 24.6 Å². The van der Waals surface area contributed by atoms with Gasteiger partial charge in [-0.2, -0.15) is 0 Å². The lowest BCUT2D eigenvalue weighted by Gasteiger charge is -2.33. The second-order valence-corrected chi connectivity index (χ2v) is 6.85. The van der Waals surface area contributed by atoms with E-state index in [1.54, 1.807) is 20.3 Å². The van der Waals surface area contributed by atoms with E-state index >= 15 is 0 Å². The number of carbonyl (C=O) groups is 1. The minimum atomic E-state index is -0.0499. The summed E-state index contributed by atoms with van der Waals surface area (Å²) in [6.07, 6.45) is 6.04. The fourth-order valence-corrected chi connectivity index (χ4v) is 3.83. The van der Waals surface area contributed by atoms with Crippen LogP contribution in [0.4, 0.5) is 10.5 Å². The molecule has 3 rings (SSSR count). The van der Waals surface area contributed by atoms with Crippen molar-refractivity contribution in [1.29, 1.82) is 0 Å². The Morgan fingerprint density at radius 3 is 2.64 bits per heavy atom. The highest BCUT2D eigenvalue weighted by molar-refractivity contribution is 5.91. The number of amides is 2. The summed E-state index contributed by atoms with van der Waals surface area (Å²) in [4.78, 5) is 17.3. The molecular formula is C19H29N3O3. The second kappa shape index (κ2) is 8.43. The first-order valence-corrected chi connectivity index (χ1v) is 9.23. The number of benzene rings is 1. The lowest BCUT2D eigenvalue weighted by atomic mass is 10.1. The van der Waals surface area contributed by atoms with Gasteiger partial charge in [-0.3, -0.25) is 0 Å². The summed E-state index contributed by atoms with van der Waals surface area (Å²) in [5.74, 6) is 1.34. The minimum absolute atomic E-state index is 0.0499. The molecule has 0 saturated carbocycles. The van der Waals surface area contributed by atoms with Crippen molar-refractivity contribution in [2.24, 2.45) is 0 Å². The molecule has 6 nitrogen and oxygen atoms in total. The highest BCUT2D eigenvalue weighted by atomic mass is 16.5. The standard InChI is InChI=1S/C19H29N3O3/c1-24-16-8-9-18(25-2)17(13-16)20-19(23)22-12-6-7-15(22)14-21-10-4-3-5-11-21/h8-9,13,15H,3-7,10-12,14H2,1-2H3,(H,20,23). The maximum absolute atomic E-state index is 12.8. The number of methoxy groups -OCH3 is 2. The van der Waals surface area contributed by atoms with Gasteiger partial charge in [0, 0.05) is 25.2 Å². The number of anilines is 1. The largest absolute Gasteiger partial charge is 0.497 e. The van der Waals surface area contributed by atoms with Crippen LogP contribution in [0.15, 0.2) is 18.2 Å². The van der Waals surface area contributed by atoms with Gasteiger partial charge in [-0.15, -0.1) is 0 Å². The zero-order valence-electron chi connectivity index (χ0n) is 15.3. The first-order chi connectivity index (χ1) is 12.2. The predicted molar refractivity (Wildman–Crippen MR) is 98.6 cm³/mol. The van der Waals surface area contributed by atoms with Gasteiger partial charge in [0.15, 0.2) is 0 Å². The highest BCUT2D eigenvalue weighted by Crippen LogP contribution is 2.30. The Morgan fingerprint density at radius 1 is 1.12 bits per heavy atom. The summed E-state index contributed by atoms with van der Waals surface area (Å²) < 4.78 is 10.6. The molecule has 1 aromatic rings. The van der Waals surface area contributed by atoms with E-state index in [0.29, 0.717) is 23.2 Å². The molecule has 0 aromatic heterocycles. The van der Waals surface area contributed by atoms with Crippen molar-refractivity contribution in [3.05, 3.63) is 18.2 Å². The van der Waals surface area contributed by atoms with Gasteiger partial charge >= 0.3 is 6.03 Å². The predicted octanol–water partition coefficient (Wildman–Crippen LogP) is 3.19. The molecule has 2 aliphatic heterocycles. The maximum Gasteiger partial charge on any atom is 0.322 e. The SMILES string of the molecule is COc1ccc(OC)c(NC(=O)N2CCCC2CN2CCCCC2)c1. The molecule has 25 heavy (non-hydrogen) atoms. The molecule has 2 aliphatic rings. The molecule has 6 heteroatoms. The topological polar surface area (TPSA) is 54.0 Å². The second-order valence-electron chi connectivity index (χ2n) is 6.85. The first kappa shape index (κ1) is 17.9. The monoisotopic (exact) mass is 347 g/mol. The van der Waals surface area contributed by atoms with Crippen molar-refractivity contribution >= 4 is 11.7 Å². The molecule has 2 amide bonds. The molecule has 0 aliphatic carbocycles. The Labute approximate surface area is 150 Å². The van der Waals surface area contributed by atoms with Gasteiger partial charge in [-0.25, -0.2) is 4.79 Å². The fourth-order valence-electron chi connectivity index (χ4n) is 3.83. The van der Waals surface area contributed by atoms with Crippen molar-refractivity contribution in [2.75, 3.05) is 45.7 Å². The number of rotatable bonds is 5. The Balaban J connectivity index is 1.65. The molecule has 0 radical (unpaired) electrons. The summed E-state index contributed by atoms with van der Waals surface area (Å²) in [7, 11) is 3.22. The Bertz CT molecular complexity index is 587. The van der Waals surface area contributed by atoms with Crippen LogP contribution in [0.1, 0.15) is 32.1 Å². The van der Waals surface area contributed by atoms with Gasteiger partial charge in [-0.1, -0.05) is 6.42 Å². The molecule has 1 aromatic carbocycles. The average molecular weight is 347 g/mol. The van der Waals surface area contributed by atoms with Gasteiger partial charge in [0.1, 0.15) is 11.5 Å². The summed E-state index contributed by atoms with van der Waals surface area (Å²) >= 11 is 0. The number of hydrogen-bond acceptors (Lipinski definition) is 4. The van der Waals surface area contributed by atoms with E-state index < -0.39 is 0 Å². The van der Waals surface area contributed by atoms with E-state index in [0.717, 1.165) is 39.0 Å². The van der Waals surface area contributed by atoms with Crippen molar-refractivity contribution in [3.63, 3.8) is 0 Å². The molecule has 0 bridgehead atoms. The van der Waals surface area contributed by atoms with Crippen LogP contribution in [0.25, 0.3) is 0 Å². The lowest BCUT2D eigenvalue weighted by Crippen LogP contribution is -2.46. The minimum Gasteiger partial charge on any atom is -0.497 e. The van der Waals surface area contributed by atoms with Gasteiger partial charge in [0.05, 0.1) is 19.9 Å². The number of nitrogens with zero attached hydrogens (tertiary/aromatic N) is 2. The Kier molecular flexibility index (Phi) is 6.02. The summed E-state index contributed by atoms with van der Waals surface area (Å²) in [5, 5.41) is 3.01. The molecule has 2 saturated heterocycles. The number of piperidine rings is 1. The summed E-state index contributed by atoms with van der Waals surface area (Å²) in [6.45, 7) is 4.13. The molecule has 1 unspecified atom stereocenters. The van der Waals surface area contributed by atoms with Crippen molar-refractivity contribution in [3.8, 4) is 11.5 Å². The molecule has 2 heterocycles. The van der Waals surface area contributed by atoms with Gasteiger partial charge in [-0.05, 0) is 50.9 Å². The number of ether oxygens (including phenoxy) is 2. The van der Waals surface area contributed by atoms with Crippen LogP contribution < -0.4 is 14.8 Å². The summed E-state index contributed by atoms with van der Waals surface area (Å²) in [6, 6.07) is 5.68. The number of nitrogens with one attached hydrogen (secondary N) is 1. The van der Waals surface area contributed by atoms with Crippen LogP contribution in [0.2, 0.25) is 0 Å². The molecule has 138 valence electrons. The van der Waals surface area contributed by atoms with E-state index in [1.807, 2.05) is 17.0 Å². The van der Waals surface area contributed by atoms with Crippen LogP contribution in [0.3, 0.4) is 0 Å². The number of urea groups is 1. The van der Waals surface area contributed by atoms with E-state index in [9.17, 15) is 4.79 Å². The smallest absolute Gasteiger partial charge is 0.322 e. The van der Waals surface area contributed by atoms with E-state index in [-0.39, 0.29) is 6.03 Å². The molecule has 1 atom stereocenters. The first-order valence-electron chi connectivity index (χ1n) is 9.23. The van der Waals surface area contributed by atoms with Gasteiger partial charge in [0.25, 0.3) is 0 Å². The van der Waals surface area contributed by atoms with Crippen LogP contribution in [-0.4, -0.2) is 62.3 Å². The number of likely N-dealkylation sites (tertiary alicyclic amines) is 2. The third-order valence-electron chi connectivity index (χ3n) is 5.20. The number of carbonyl (C=O) groups excluding carboxylic acids is 1. The van der Waals surface area contributed by atoms with E-state index in [4.69, 9.17) is 9.47 Å². The van der Waals surface area contributed by atoms with Crippen LogP contribution in [-0.2, 0) is 0 Å². The highest BCUT2D eigenvalue weighted by Gasteiger charge is 2.31. The molecule has 0 spiro atoms. The Morgan fingerprint density at radius 2 is 1.92 bits per heavy atom. The third kappa shape index (κ3) is 4.37. The maximum atomic E-state index is 12.8. The van der Waals surface area contributed by atoms with E-state index in [1.165, 1.54) is 19.3 Å². The average Bonchev–Trinajstić information content (AvgIpc) is 3.10.